The van der Waals surface area contributed by atoms with Gasteiger partial charge in [-0.05, 0) is 29.8 Å². The summed E-state index contributed by atoms with van der Waals surface area (Å²) in [7, 11) is 0. The molecule has 0 spiro atoms. The molecule has 0 bridgehead atoms. The van der Waals surface area contributed by atoms with E-state index < -0.39 is 0 Å². The minimum atomic E-state index is 0.224. The van der Waals surface area contributed by atoms with E-state index in [4.69, 9.17) is 0 Å². The fraction of sp³-hybridized carbons (Fsp3) is 0.0667. The molecule has 0 fully saturated rings. The number of phenols is 1. The van der Waals surface area contributed by atoms with Crippen molar-refractivity contribution in [3.8, 4) is 5.75 Å². The summed E-state index contributed by atoms with van der Waals surface area (Å²) in [6, 6.07) is 13.4. The van der Waals surface area contributed by atoms with Gasteiger partial charge in [-0.1, -0.05) is 18.2 Å². The number of hydrogen-bond donors (Lipinski definition) is 1. The fourth-order valence-corrected chi connectivity index (χ4v) is 2.79. The molecular weight excluding hydrogens is 256 g/mol. The normalized spacial score (nSPS) is 10.7. The van der Waals surface area contributed by atoms with Crippen LogP contribution in [0.3, 0.4) is 0 Å². The van der Waals surface area contributed by atoms with Crippen LogP contribution in [0.5, 0.6) is 5.75 Å². The van der Waals surface area contributed by atoms with E-state index >= 15 is 0 Å². The highest BCUT2D eigenvalue weighted by atomic mass is 32.2. The van der Waals surface area contributed by atoms with Gasteiger partial charge in [0.2, 0.25) is 0 Å². The van der Waals surface area contributed by atoms with Gasteiger partial charge in [-0.2, -0.15) is 0 Å². The molecule has 94 valence electrons. The van der Waals surface area contributed by atoms with Crippen LogP contribution in [-0.2, 0) is 5.75 Å². The predicted octanol–water partition coefficient (Wildman–Crippen LogP) is 3.63. The Morgan fingerprint density at radius 3 is 2.68 bits per heavy atom. The third kappa shape index (κ3) is 2.53. The lowest BCUT2D eigenvalue weighted by Crippen LogP contribution is -1.87. The zero-order valence-electron chi connectivity index (χ0n) is 10.2. The first kappa shape index (κ1) is 12.0. The Morgan fingerprint density at radius 1 is 0.947 bits per heavy atom. The lowest BCUT2D eigenvalue weighted by molar-refractivity contribution is 0.480. The summed E-state index contributed by atoms with van der Waals surface area (Å²) in [6.07, 6.45) is 3.48. The molecule has 0 amide bonds. The molecule has 19 heavy (non-hydrogen) atoms. The summed E-state index contributed by atoms with van der Waals surface area (Å²) in [5.74, 6) is 1.03. The van der Waals surface area contributed by atoms with Crippen LogP contribution in [-0.4, -0.2) is 15.1 Å². The fourth-order valence-electron chi connectivity index (χ4n) is 1.93. The van der Waals surface area contributed by atoms with E-state index in [9.17, 15) is 5.11 Å². The number of rotatable bonds is 3. The topological polar surface area (TPSA) is 46.0 Å². The van der Waals surface area contributed by atoms with Crippen LogP contribution in [0.1, 0.15) is 5.56 Å². The quantitative estimate of drug-likeness (QED) is 0.737. The largest absolute Gasteiger partial charge is 0.506 e. The predicted molar refractivity (Wildman–Crippen MR) is 77.2 cm³/mol. The van der Waals surface area contributed by atoms with Crippen LogP contribution in [0, 0.1) is 0 Å². The molecule has 0 atom stereocenters. The molecule has 3 nitrogen and oxygen atoms in total. The van der Waals surface area contributed by atoms with E-state index in [-0.39, 0.29) is 5.75 Å². The third-order valence-electron chi connectivity index (χ3n) is 2.85. The van der Waals surface area contributed by atoms with Crippen molar-refractivity contribution in [2.75, 3.05) is 0 Å². The minimum Gasteiger partial charge on any atom is -0.506 e. The van der Waals surface area contributed by atoms with E-state index in [1.165, 1.54) is 0 Å². The first-order valence-electron chi connectivity index (χ1n) is 5.94. The molecule has 3 aromatic rings. The minimum absolute atomic E-state index is 0.224. The van der Waals surface area contributed by atoms with Crippen LogP contribution in [0.15, 0.2) is 59.9 Å². The van der Waals surface area contributed by atoms with E-state index in [0.717, 1.165) is 21.7 Å². The van der Waals surface area contributed by atoms with Crippen LogP contribution >= 0.6 is 11.8 Å². The lowest BCUT2D eigenvalue weighted by atomic mass is 10.1. The van der Waals surface area contributed by atoms with Crippen molar-refractivity contribution in [2.45, 2.75) is 10.8 Å². The second kappa shape index (κ2) is 5.28. The van der Waals surface area contributed by atoms with Crippen molar-refractivity contribution >= 4 is 22.7 Å². The Hall–Kier alpha value is -2.07. The summed E-state index contributed by atoms with van der Waals surface area (Å²) < 4.78 is 0. The molecule has 1 N–H and O–H groups in total. The molecule has 0 aliphatic rings. The number of aromatic hydroxyl groups is 1. The molecule has 0 saturated heterocycles. The number of pyridine rings is 2. The Morgan fingerprint density at radius 2 is 1.84 bits per heavy atom. The number of fused-ring (bicyclic) bond motifs is 1. The van der Waals surface area contributed by atoms with Gasteiger partial charge in [0.15, 0.2) is 0 Å². The number of thioether (sulfide) groups is 1. The number of nitrogens with zero attached hydrogens (tertiary/aromatic N) is 2. The van der Waals surface area contributed by atoms with Gasteiger partial charge in [0, 0.05) is 23.5 Å². The molecule has 0 unspecified atom stereocenters. The summed E-state index contributed by atoms with van der Waals surface area (Å²) in [5, 5.41) is 11.8. The van der Waals surface area contributed by atoms with Gasteiger partial charge >= 0.3 is 0 Å². The maximum absolute atomic E-state index is 9.80. The molecule has 1 aromatic carbocycles. The first-order valence-corrected chi connectivity index (χ1v) is 6.92. The zero-order valence-corrected chi connectivity index (χ0v) is 11.0. The van der Waals surface area contributed by atoms with Crippen LogP contribution < -0.4 is 0 Å². The lowest BCUT2D eigenvalue weighted by Gasteiger charge is -2.07. The Kier molecular flexibility index (Phi) is 3.33. The van der Waals surface area contributed by atoms with Crippen molar-refractivity contribution in [1.29, 1.82) is 0 Å². The van der Waals surface area contributed by atoms with Gasteiger partial charge in [0.25, 0.3) is 0 Å². The Bertz CT molecular complexity index is 701. The van der Waals surface area contributed by atoms with E-state index in [0.29, 0.717) is 5.52 Å². The number of benzene rings is 1. The highest BCUT2D eigenvalue weighted by Gasteiger charge is 2.06. The van der Waals surface area contributed by atoms with Crippen molar-refractivity contribution in [3.05, 3.63) is 60.4 Å². The smallest absolute Gasteiger partial charge is 0.141 e. The first-order chi connectivity index (χ1) is 9.34. The summed E-state index contributed by atoms with van der Waals surface area (Å²) >= 11 is 1.67. The molecule has 3 rings (SSSR count). The van der Waals surface area contributed by atoms with Crippen molar-refractivity contribution in [1.82, 2.24) is 9.97 Å². The van der Waals surface area contributed by atoms with Gasteiger partial charge in [-0.3, -0.25) is 4.98 Å². The number of hydrogen-bond acceptors (Lipinski definition) is 4. The summed E-state index contributed by atoms with van der Waals surface area (Å²) in [5.41, 5.74) is 1.80. The standard InChI is InChI=1S/C15H12N2OS/c18-13-7-6-11(12-4-3-9-17-15(12)13)10-19-14-5-1-2-8-16-14/h1-9,18H,10H2. The average Bonchev–Trinajstić information content (AvgIpc) is 2.48. The molecule has 2 heterocycles. The zero-order chi connectivity index (χ0) is 13.1. The van der Waals surface area contributed by atoms with Gasteiger partial charge in [-0.15, -0.1) is 11.8 Å². The maximum Gasteiger partial charge on any atom is 0.141 e. The van der Waals surface area contributed by atoms with Crippen molar-refractivity contribution in [2.24, 2.45) is 0 Å². The highest BCUT2D eigenvalue weighted by molar-refractivity contribution is 7.98. The van der Waals surface area contributed by atoms with E-state index in [2.05, 4.69) is 9.97 Å². The number of phenolic OH excluding ortho intramolecular Hbond substituents is 1. The van der Waals surface area contributed by atoms with Crippen molar-refractivity contribution in [3.63, 3.8) is 0 Å². The molecular formula is C15H12N2OS. The molecule has 0 radical (unpaired) electrons. The maximum atomic E-state index is 9.80. The Balaban J connectivity index is 1.91. The summed E-state index contributed by atoms with van der Waals surface area (Å²) in [4.78, 5) is 8.51. The summed E-state index contributed by atoms with van der Waals surface area (Å²) in [6.45, 7) is 0. The number of aromatic nitrogens is 2. The van der Waals surface area contributed by atoms with Crippen LogP contribution in [0.25, 0.3) is 10.9 Å². The molecule has 4 heteroatoms. The monoisotopic (exact) mass is 268 g/mol. The third-order valence-corrected chi connectivity index (χ3v) is 3.84. The van der Waals surface area contributed by atoms with E-state index in [1.807, 2.05) is 36.4 Å². The SMILES string of the molecule is Oc1ccc(CSc2ccccn2)c2cccnc12. The van der Waals surface area contributed by atoms with E-state index in [1.54, 1.807) is 30.2 Å². The molecule has 0 aliphatic carbocycles. The molecule has 0 saturated carbocycles. The second-order valence-electron chi connectivity index (χ2n) is 4.10. The highest BCUT2D eigenvalue weighted by Crippen LogP contribution is 2.29. The van der Waals surface area contributed by atoms with Gasteiger partial charge in [-0.25, -0.2) is 4.98 Å². The van der Waals surface area contributed by atoms with Gasteiger partial charge in [0.05, 0.1) is 5.03 Å². The Labute approximate surface area is 115 Å². The van der Waals surface area contributed by atoms with Crippen molar-refractivity contribution < 1.29 is 5.11 Å². The van der Waals surface area contributed by atoms with Gasteiger partial charge < -0.3 is 5.11 Å². The van der Waals surface area contributed by atoms with Crippen LogP contribution in [0.2, 0.25) is 0 Å². The second-order valence-corrected chi connectivity index (χ2v) is 5.10. The molecule has 2 aromatic heterocycles. The molecule has 0 aliphatic heterocycles. The van der Waals surface area contributed by atoms with Gasteiger partial charge in [0.1, 0.15) is 11.3 Å². The van der Waals surface area contributed by atoms with Crippen LogP contribution in [0.4, 0.5) is 0 Å². The average molecular weight is 268 g/mol.